The van der Waals surface area contributed by atoms with E-state index < -0.39 is 13.4 Å². The summed E-state index contributed by atoms with van der Waals surface area (Å²) < 4.78 is 10.8. The van der Waals surface area contributed by atoms with Gasteiger partial charge in [0.2, 0.25) is 5.95 Å². The van der Waals surface area contributed by atoms with Gasteiger partial charge in [0.1, 0.15) is 5.78 Å². The Labute approximate surface area is 93.5 Å². The lowest BCUT2D eigenvalue weighted by Crippen LogP contribution is -2.25. The number of hydrogen-bond acceptors (Lipinski definition) is 5. The zero-order valence-corrected chi connectivity index (χ0v) is 9.98. The molecule has 0 aliphatic heterocycles. The predicted molar refractivity (Wildman–Crippen MR) is 59.9 cm³/mol. The van der Waals surface area contributed by atoms with Crippen LogP contribution in [-0.2, 0) is 11.1 Å². The minimum absolute atomic E-state index is 0.316. The molecule has 1 heterocycles. The van der Waals surface area contributed by atoms with E-state index in [1.54, 1.807) is 19.4 Å². The average Bonchev–Trinajstić information content (AvgIpc) is 2.25. The van der Waals surface area contributed by atoms with Gasteiger partial charge in [-0.2, -0.15) is 0 Å². The molecule has 7 nitrogen and oxygen atoms in total. The first-order valence-electron chi connectivity index (χ1n) is 4.70. The second-order valence-electron chi connectivity index (χ2n) is 3.31. The van der Waals surface area contributed by atoms with Gasteiger partial charge >= 0.3 is 7.60 Å². The highest BCUT2D eigenvalue weighted by molar-refractivity contribution is 7.52. The van der Waals surface area contributed by atoms with Gasteiger partial charge in [0.15, 0.2) is 0 Å². The molecule has 0 fully saturated rings. The van der Waals surface area contributed by atoms with Crippen LogP contribution >= 0.6 is 7.60 Å². The molecular weight excluding hydrogens is 231 g/mol. The molecule has 1 aromatic heterocycles. The van der Waals surface area contributed by atoms with E-state index in [-0.39, 0.29) is 0 Å². The molecule has 8 heteroatoms. The van der Waals surface area contributed by atoms with Gasteiger partial charge in [0, 0.05) is 31.5 Å². The molecule has 4 N–H and O–H groups in total. The van der Waals surface area contributed by atoms with Gasteiger partial charge in [-0.05, 0) is 6.92 Å². The van der Waals surface area contributed by atoms with E-state index in [0.717, 1.165) is 5.56 Å². The summed E-state index contributed by atoms with van der Waals surface area (Å²) in [4.78, 5) is 25.7. The summed E-state index contributed by atoms with van der Waals surface area (Å²) in [5.74, 6) is -0.372. The zero-order valence-electron chi connectivity index (χ0n) is 9.08. The summed E-state index contributed by atoms with van der Waals surface area (Å²) in [6, 6.07) is 0. The maximum absolute atomic E-state index is 10.8. The summed E-state index contributed by atoms with van der Waals surface area (Å²) in [5, 5.41) is 5.49. The van der Waals surface area contributed by atoms with Crippen molar-refractivity contribution in [3.8, 4) is 0 Å². The maximum Gasteiger partial charge on any atom is 0.342 e. The van der Waals surface area contributed by atoms with Gasteiger partial charge in [-0.3, -0.25) is 9.88 Å². The molecule has 0 saturated heterocycles. The van der Waals surface area contributed by atoms with Crippen molar-refractivity contribution in [2.75, 3.05) is 12.4 Å². The third-order valence-electron chi connectivity index (χ3n) is 2.04. The highest BCUT2D eigenvalue weighted by Crippen LogP contribution is 2.39. The molecule has 0 radical (unpaired) electrons. The van der Waals surface area contributed by atoms with Crippen molar-refractivity contribution in [3.63, 3.8) is 0 Å². The summed E-state index contributed by atoms with van der Waals surface area (Å²) in [6.07, 6.45) is 3.19. The number of anilines is 1. The number of aromatic nitrogens is 2. The summed E-state index contributed by atoms with van der Waals surface area (Å²) >= 11 is 0. The molecule has 0 saturated carbocycles. The van der Waals surface area contributed by atoms with E-state index in [4.69, 9.17) is 9.79 Å². The first-order chi connectivity index (χ1) is 7.43. The van der Waals surface area contributed by atoms with Crippen molar-refractivity contribution in [1.29, 1.82) is 0 Å². The van der Waals surface area contributed by atoms with Crippen LogP contribution in [0.4, 0.5) is 5.95 Å². The molecule has 0 aliphatic rings. The Hall–Kier alpha value is -1.01. The van der Waals surface area contributed by atoms with Crippen LogP contribution in [0.3, 0.4) is 0 Å². The minimum Gasteiger partial charge on any atom is -0.357 e. The molecule has 0 bridgehead atoms. The summed E-state index contributed by atoms with van der Waals surface area (Å²) in [7, 11) is -2.36. The zero-order chi connectivity index (χ0) is 12.2. The third kappa shape index (κ3) is 3.86. The second kappa shape index (κ2) is 5.36. The van der Waals surface area contributed by atoms with E-state index in [2.05, 4.69) is 20.6 Å². The van der Waals surface area contributed by atoms with E-state index in [1.807, 2.05) is 0 Å². The van der Waals surface area contributed by atoms with Gasteiger partial charge < -0.3 is 15.1 Å². The number of nitrogens with one attached hydrogen (secondary N) is 2. The number of rotatable bonds is 5. The Kier molecular flexibility index (Phi) is 4.37. The van der Waals surface area contributed by atoms with Crippen molar-refractivity contribution in [3.05, 3.63) is 18.0 Å². The van der Waals surface area contributed by atoms with Crippen molar-refractivity contribution in [2.24, 2.45) is 0 Å². The van der Waals surface area contributed by atoms with Crippen molar-refractivity contribution >= 4 is 13.5 Å². The second-order valence-corrected chi connectivity index (χ2v) is 5.26. The minimum atomic E-state index is -4.07. The number of hydrogen-bond donors (Lipinski definition) is 4. The fraction of sp³-hybridized carbons (Fsp3) is 0.500. The SMILES string of the molecule is CNc1ncc(CN[C@H](C)P(=O)(O)O)cn1. The van der Waals surface area contributed by atoms with E-state index in [1.165, 1.54) is 6.92 Å². The molecule has 0 aliphatic carbocycles. The quantitative estimate of drug-likeness (QED) is 0.547. The van der Waals surface area contributed by atoms with E-state index >= 15 is 0 Å². The maximum atomic E-state index is 10.8. The monoisotopic (exact) mass is 246 g/mol. The Balaban J connectivity index is 2.52. The smallest absolute Gasteiger partial charge is 0.342 e. The average molecular weight is 246 g/mol. The normalized spacial score (nSPS) is 13.5. The van der Waals surface area contributed by atoms with Crippen LogP contribution in [0.2, 0.25) is 0 Å². The van der Waals surface area contributed by atoms with Crippen LogP contribution < -0.4 is 10.6 Å². The fourth-order valence-electron chi connectivity index (χ4n) is 0.960. The third-order valence-corrected chi connectivity index (χ3v) is 3.23. The first-order valence-corrected chi connectivity index (χ1v) is 6.39. The van der Waals surface area contributed by atoms with Gasteiger partial charge in [-0.15, -0.1) is 0 Å². The lowest BCUT2D eigenvalue weighted by molar-refractivity contribution is 0.350. The van der Waals surface area contributed by atoms with Crippen LogP contribution in [-0.4, -0.2) is 32.6 Å². The van der Waals surface area contributed by atoms with Crippen molar-refractivity contribution in [1.82, 2.24) is 15.3 Å². The van der Waals surface area contributed by atoms with Crippen LogP contribution in [0.1, 0.15) is 12.5 Å². The molecule has 1 atom stereocenters. The molecule has 0 amide bonds. The molecule has 1 rings (SSSR count). The molecule has 16 heavy (non-hydrogen) atoms. The predicted octanol–water partition coefficient (Wildman–Crippen LogP) is 0.132. The van der Waals surface area contributed by atoms with Crippen LogP contribution in [0.25, 0.3) is 0 Å². The Morgan fingerprint density at radius 3 is 2.44 bits per heavy atom. The Morgan fingerprint density at radius 2 is 2.00 bits per heavy atom. The standard InChI is InChI=1S/C8H15N4O3P/c1-6(16(13,14)15)10-3-7-4-11-8(9-2)12-5-7/h4-6,10H,3H2,1-2H3,(H,9,11,12)(H2,13,14,15)/t6-/m0/s1. The van der Waals surface area contributed by atoms with Gasteiger partial charge in [0.05, 0.1) is 0 Å². The number of nitrogens with zero attached hydrogens (tertiary/aromatic N) is 2. The lowest BCUT2D eigenvalue weighted by atomic mass is 10.3. The molecule has 1 aromatic rings. The van der Waals surface area contributed by atoms with Gasteiger partial charge in [-0.1, -0.05) is 0 Å². The van der Waals surface area contributed by atoms with E-state index in [9.17, 15) is 4.57 Å². The van der Waals surface area contributed by atoms with Crippen molar-refractivity contribution < 1.29 is 14.4 Å². The largest absolute Gasteiger partial charge is 0.357 e. The molecular formula is C8H15N4O3P. The van der Waals surface area contributed by atoms with Crippen LogP contribution in [0, 0.1) is 0 Å². The highest BCUT2D eigenvalue weighted by atomic mass is 31.2. The van der Waals surface area contributed by atoms with Crippen molar-refractivity contribution in [2.45, 2.75) is 19.3 Å². The Morgan fingerprint density at radius 1 is 1.44 bits per heavy atom. The summed E-state index contributed by atoms with van der Waals surface area (Å²) in [6.45, 7) is 1.75. The van der Waals surface area contributed by atoms with Gasteiger partial charge in [-0.25, -0.2) is 9.97 Å². The van der Waals surface area contributed by atoms with Crippen LogP contribution in [0.15, 0.2) is 12.4 Å². The Bertz CT molecular complexity index is 377. The molecule has 0 unspecified atom stereocenters. The highest BCUT2D eigenvalue weighted by Gasteiger charge is 2.22. The van der Waals surface area contributed by atoms with Crippen LogP contribution in [0.5, 0.6) is 0 Å². The molecule has 0 aromatic carbocycles. The van der Waals surface area contributed by atoms with Gasteiger partial charge in [0.25, 0.3) is 0 Å². The molecule has 0 spiro atoms. The van der Waals surface area contributed by atoms with E-state index in [0.29, 0.717) is 12.5 Å². The first kappa shape index (κ1) is 13.1. The topological polar surface area (TPSA) is 107 Å². The summed E-state index contributed by atoms with van der Waals surface area (Å²) in [5.41, 5.74) is 0.763. The fourth-order valence-corrected chi connectivity index (χ4v) is 1.29. The molecule has 90 valence electrons. The lowest BCUT2D eigenvalue weighted by Gasteiger charge is -2.14.